The summed E-state index contributed by atoms with van der Waals surface area (Å²) in [6.07, 6.45) is 1.75. The van der Waals surface area contributed by atoms with E-state index >= 15 is 0 Å². The molecule has 0 atom stereocenters. The third kappa shape index (κ3) is 4.97. The largest absolute Gasteiger partial charge is 0.435 e. The van der Waals surface area contributed by atoms with Crippen LogP contribution in [-0.4, -0.2) is 25.6 Å². The van der Waals surface area contributed by atoms with Crippen LogP contribution in [0.25, 0.3) is 0 Å². The second kappa shape index (κ2) is 7.93. The normalized spacial score (nSPS) is 11.5. The zero-order chi connectivity index (χ0) is 15.9. The summed E-state index contributed by atoms with van der Waals surface area (Å²) in [5, 5.41) is 2.84. The zero-order valence-corrected chi connectivity index (χ0v) is 12.4. The fourth-order valence-electron chi connectivity index (χ4n) is 2.02. The minimum atomic E-state index is -2.87. The summed E-state index contributed by atoms with van der Waals surface area (Å²) in [6.45, 7) is 2.20. The molecule has 0 bridgehead atoms. The number of carbonyl (C=O) groups is 1. The molecule has 1 aromatic rings. The van der Waals surface area contributed by atoms with E-state index in [0.29, 0.717) is 18.7 Å². The van der Waals surface area contributed by atoms with Crippen LogP contribution in [0.1, 0.15) is 37.0 Å². The first-order chi connectivity index (χ1) is 9.96. The van der Waals surface area contributed by atoms with Crippen LogP contribution < -0.4 is 15.8 Å². The minimum absolute atomic E-state index is 0.0278. The van der Waals surface area contributed by atoms with Gasteiger partial charge in [0.25, 0.3) is 5.91 Å². The van der Waals surface area contributed by atoms with Gasteiger partial charge in [0, 0.05) is 12.1 Å². The van der Waals surface area contributed by atoms with Crippen molar-refractivity contribution in [3.63, 3.8) is 0 Å². The van der Waals surface area contributed by atoms with Crippen molar-refractivity contribution in [2.45, 2.75) is 33.3 Å². The molecule has 0 saturated heterocycles. The Labute approximate surface area is 123 Å². The fraction of sp³-hybridized carbons (Fsp3) is 0.533. The number of nitrogens with two attached hydrogens (primary N) is 1. The van der Waals surface area contributed by atoms with E-state index in [0.717, 1.165) is 12.8 Å². The molecule has 0 unspecified atom stereocenters. The standard InChI is InChI=1S/C15H22F2N2O2/c1-3-15(4-2,9-18)10-19-13(20)11-5-7-12(8-6-11)21-14(16)17/h5-8,14H,3-4,9-10,18H2,1-2H3,(H,19,20). The molecule has 0 radical (unpaired) electrons. The van der Waals surface area contributed by atoms with Gasteiger partial charge >= 0.3 is 6.61 Å². The van der Waals surface area contributed by atoms with Crippen molar-refractivity contribution in [1.82, 2.24) is 5.32 Å². The molecule has 0 spiro atoms. The number of ether oxygens (including phenoxy) is 1. The van der Waals surface area contributed by atoms with Crippen LogP contribution in [0.2, 0.25) is 0 Å². The molecule has 6 heteroatoms. The van der Waals surface area contributed by atoms with Crippen molar-refractivity contribution < 1.29 is 18.3 Å². The highest BCUT2D eigenvalue weighted by Crippen LogP contribution is 2.23. The quantitative estimate of drug-likeness (QED) is 0.776. The summed E-state index contributed by atoms with van der Waals surface area (Å²) in [4.78, 5) is 12.0. The lowest BCUT2D eigenvalue weighted by Crippen LogP contribution is -2.41. The second-order valence-electron chi connectivity index (χ2n) is 5.00. The maximum absolute atomic E-state index is 12.0. The maximum Gasteiger partial charge on any atom is 0.387 e. The first kappa shape index (κ1) is 17.4. The van der Waals surface area contributed by atoms with Gasteiger partial charge in [0.2, 0.25) is 0 Å². The summed E-state index contributed by atoms with van der Waals surface area (Å²) in [6, 6.07) is 5.60. The SMILES string of the molecule is CCC(CC)(CN)CNC(=O)c1ccc(OC(F)F)cc1. The van der Waals surface area contributed by atoms with E-state index in [4.69, 9.17) is 5.73 Å². The molecule has 0 heterocycles. The Balaban J connectivity index is 2.63. The van der Waals surface area contributed by atoms with Crippen LogP contribution >= 0.6 is 0 Å². The van der Waals surface area contributed by atoms with Crippen molar-refractivity contribution in [3.05, 3.63) is 29.8 Å². The molecule has 0 aliphatic heterocycles. The molecular weight excluding hydrogens is 278 g/mol. The first-order valence-corrected chi connectivity index (χ1v) is 6.99. The van der Waals surface area contributed by atoms with Crippen LogP contribution in [0.3, 0.4) is 0 Å². The van der Waals surface area contributed by atoms with E-state index in [1.807, 2.05) is 13.8 Å². The van der Waals surface area contributed by atoms with Gasteiger partial charge in [-0.1, -0.05) is 13.8 Å². The molecule has 0 aliphatic carbocycles. The van der Waals surface area contributed by atoms with E-state index < -0.39 is 6.61 Å². The summed E-state index contributed by atoms with van der Waals surface area (Å²) in [5.74, 6) is -0.224. The van der Waals surface area contributed by atoms with Gasteiger partial charge in [-0.15, -0.1) is 0 Å². The van der Waals surface area contributed by atoms with E-state index in [2.05, 4.69) is 10.1 Å². The predicted molar refractivity (Wildman–Crippen MR) is 77.5 cm³/mol. The molecule has 0 saturated carbocycles. The van der Waals surface area contributed by atoms with Crippen molar-refractivity contribution in [2.24, 2.45) is 11.1 Å². The molecular formula is C15H22F2N2O2. The highest BCUT2D eigenvalue weighted by Gasteiger charge is 2.25. The highest BCUT2D eigenvalue weighted by molar-refractivity contribution is 5.94. The molecule has 0 fully saturated rings. The third-order valence-corrected chi connectivity index (χ3v) is 3.90. The smallest absolute Gasteiger partial charge is 0.387 e. The number of carbonyl (C=O) groups excluding carboxylic acids is 1. The van der Waals surface area contributed by atoms with Crippen LogP contribution in [0, 0.1) is 5.41 Å². The average molecular weight is 300 g/mol. The number of nitrogens with one attached hydrogen (secondary N) is 1. The van der Waals surface area contributed by atoms with Crippen molar-refractivity contribution in [3.8, 4) is 5.75 Å². The Morgan fingerprint density at radius 3 is 2.29 bits per heavy atom. The maximum atomic E-state index is 12.0. The van der Waals surface area contributed by atoms with E-state index in [1.165, 1.54) is 24.3 Å². The minimum Gasteiger partial charge on any atom is -0.435 e. The Hall–Kier alpha value is -1.69. The predicted octanol–water partition coefficient (Wildman–Crippen LogP) is 2.78. The van der Waals surface area contributed by atoms with E-state index in [-0.39, 0.29) is 17.1 Å². The molecule has 0 aromatic heterocycles. The number of hydrogen-bond acceptors (Lipinski definition) is 3. The van der Waals surface area contributed by atoms with Crippen LogP contribution in [0.15, 0.2) is 24.3 Å². The lowest BCUT2D eigenvalue weighted by atomic mass is 9.82. The monoisotopic (exact) mass is 300 g/mol. The van der Waals surface area contributed by atoms with Gasteiger partial charge in [-0.3, -0.25) is 4.79 Å². The lowest BCUT2D eigenvalue weighted by molar-refractivity contribution is -0.0498. The Bertz CT molecular complexity index is 437. The zero-order valence-electron chi connectivity index (χ0n) is 12.4. The van der Waals surface area contributed by atoms with Crippen LogP contribution in [0.4, 0.5) is 8.78 Å². The molecule has 21 heavy (non-hydrogen) atoms. The number of hydrogen-bond donors (Lipinski definition) is 2. The van der Waals surface area contributed by atoms with Crippen molar-refractivity contribution >= 4 is 5.91 Å². The van der Waals surface area contributed by atoms with Gasteiger partial charge in [-0.05, 0) is 49.1 Å². The second-order valence-corrected chi connectivity index (χ2v) is 5.00. The summed E-state index contributed by atoms with van der Waals surface area (Å²) in [7, 11) is 0. The first-order valence-electron chi connectivity index (χ1n) is 6.99. The van der Waals surface area contributed by atoms with Crippen LogP contribution in [-0.2, 0) is 0 Å². The fourth-order valence-corrected chi connectivity index (χ4v) is 2.02. The number of rotatable bonds is 8. The van der Waals surface area contributed by atoms with Crippen molar-refractivity contribution in [1.29, 1.82) is 0 Å². The van der Waals surface area contributed by atoms with E-state index in [9.17, 15) is 13.6 Å². The molecule has 1 amide bonds. The number of alkyl halides is 2. The van der Waals surface area contributed by atoms with Gasteiger partial charge in [0.15, 0.2) is 0 Å². The molecule has 118 valence electrons. The van der Waals surface area contributed by atoms with Gasteiger partial charge in [0.05, 0.1) is 0 Å². The summed E-state index contributed by atoms with van der Waals surface area (Å²) < 4.78 is 28.3. The number of benzene rings is 1. The van der Waals surface area contributed by atoms with E-state index in [1.54, 1.807) is 0 Å². The van der Waals surface area contributed by atoms with Gasteiger partial charge in [-0.2, -0.15) is 8.78 Å². The van der Waals surface area contributed by atoms with Gasteiger partial charge in [-0.25, -0.2) is 0 Å². The van der Waals surface area contributed by atoms with Crippen molar-refractivity contribution in [2.75, 3.05) is 13.1 Å². The number of halogens is 2. The topological polar surface area (TPSA) is 64.3 Å². The summed E-state index contributed by atoms with van der Waals surface area (Å²) in [5.41, 5.74) is 6.08. The Morgan fingerprint density at radius 1 is 1.29 bits per heavy atom. The van der Waals surface area contributed by atoms with Crippen LogP contribution in [0.5, 0.6) is 5.75 Å². The Morgan fingerprint density at radius 2 is 1.86 bits per heavy atom. The average Bonchev–Trinajstić information content (AvgIpc) is 2.49. The molecule has 4 nitrogen and oxygen atoms in total. The summed E-state index contributed by atoms with van der Waals surface area (Å²) >= 11 is 0. The number of amides is 1. The van der Waals surface area contributed by atoms with Gasteiger partial charge in [0.1, 0.15) is 5.75 Å². The lowest BCUT2D eigenvalue weighted by Gasteiger charge is -2.30. The molecule has 3 N–H and O–H groups in total. The third-order valence-electron chi connectivity index (χ3n) is 3.90. The Kier molecular flexibility index (Phi) is 6.55. The molecule has 1 aromatic carbocycles. The van der Waals surface area contributed by atoms with Gasteiger partial charge < -0.3 is 15.8 Å². The highest BCUT2D eigenvalue weighted by atomic mass is 19.3. The molecule has 0 aliphatic rings. The molecule has 1 rings (SSSR count).